The summed E-state index contributed by atoms with van der Waals surface area (Å²) in [6, 6.07) is 5.73. The summed E-state index contributed by atoms with van der Waals surface area (Å²) in [5, 5.41) is 3.72. The first kappa shape index (κ1) is 14.7. The smallest absolute Gasteiger partial charge is 0.229 e. The Labute approximate surface area is 129 Å². The van der Waals surface area contributed by atoms with E-state index in [1.54, 1.807) is 13.3 Å². The van der Waals surface area contributed by atoms with Crippen molar-refractivity contribution in [2.75, 3.05) is 33.0 Å². The van der Waals surface area contributed by atoms with Crippen LogP contribution >= 0.6 is 0 Å². The lowest BCUT2D eigenvalue weighted by Gasteiger charge is -2.29. The maximum absolute atomic E-state index is 6.16. The van der Waals surface area contributed by atoms with E-state index in [-0.39, 0.29) is 6.10 Å². The van der Waals surface area contributed by atoms with Crippen LogP contribution in [0.15, 0.2) is 28.9 Å². The van der Waals surface area contributed by atoms with Crippen LogP contribution in [-0.4, -0.2) is 43.4 Å². The summed E-state index contributed by atoms with van der Waals surface area (Å²) in [5.41, 5.74) is 7.45. The zero-order chi connectivity index (χ0) is 15.5. The van der Waals surface area contributed by atoms with Gasteiger partial charge in [0, 0.05) is 13.1 Å². The number of benzene rings is 1. The van der Waals surface area contributed by atoms with Gasteiger partial charge in [-0.3, -0.25) is 0 Å². The van der Waals surface area contributed by atoms with Gasteiger partial charge in [-0.25, -0.2) is 0 Å². The van der Waals surface area contributed by atoms with Gasteiger partial charge in [0.1, 0.15) is 6.10 Å². The van der Waals surface area contributed by atoms with Crippen molar-refractivity contribution in [3.05, 3.63) is 24.4 Å². The average molecular weight is 303 g/mol. The summed E-state index contributed by atoms with van der Waals surface area (Å²) in [5.74, 6) is 1.75. The molecule has 0 bridgehead atoms. The summed E-state index contributed by atoms with van der Waals surface area (Å²) < 4.78 is 16.5. The Morgan fingerprint density at radius 1 is 1.27 bits per heavy atom. The molecule has 1 aromatic carbocycles. The first-order valence-electron chi connectivity index (χ1n) is 7.41. The van der Waals surface area contributed by atoms with E-state index in [0.29, 0.717) is 5.88 Å². The molecule has 0 saturated carbocycles. The number of nitrogens with two attached hydrogens (primary N) is 1. The number of likely N-dealkylation sites (tertiary alicyclic amines) is 1. The van der Waals surface area contributed by atoms with E-state index >= 15 is 0 Å². The molecular weight excluding hydrogens is 282 g/mol. The Morgan fingerprint density at radius 2 is 2.05 bits per heavy atom. The second kappa shape index (κ2) is 6.27. The molecule has 1 aromatic heterocycles. The summed E-state index contributed by atoms with van der Waals surface area (Å²) in [7, 11) is 3.77. The van der Waals surface area contributed by atoms with Gasteiger partial charge in [-0.1, -0.05) is 11.2 Å². The molecular formula is C16H21N3O3. The van der Waals surface area contributed by atoms with Crippen molar-refractivity contribution in [2.45, 2.75) is 18.9 Å². The Kier molecular flexibility index (Phi) is 4.20. The third kappa shape index (κ3) is 3.01. The van der Waals surface area contributed by atoms with Crippen LogP contribution in [0, 0.1) is 0 Å². The zero-order valence-corrected chi connectivity index (χ0v) is 12.9. The maximum Gasteiger partial charge on any atom is 0.229 e. The van der Waals surface area contributed by atoms with Gasteiger partial charge in [0.25, 0.3) is 0 Å². The van der Waals surface area contributed by atoms with E-state index in [0.717, 1.165) is 48.6 Å². The molecule has 2 aromatic rings. The number of methoxy groups -OCH3 is 1. The molecule has 2 heterocycles. The normalized spacial score (nSPS) is 16.6. The van der Waals surface area contributed by atoms with Crippen LogP contribution in [0.2, 0.25) is 0 Å². The first-order valence-corrected chi connectivity index (χ1v) is 7.41. The second-order valence-electron chi connectivity index (χ2n) is 5.59. The summed E-state index contributed by atoms with van der Waals surface area (Å²) in [6.07, 6.45) is 3.84. The molecule has 118 valence electrons. The number of rotatable bonds is 4. The quantitative estimate of drug-likeness (QED) is 0.935. The molecule has 0 atom stereocenters. The summed E-state index contributed by atoms with van der Waals surface area (Å²) in [4.78, 5) is 2.31. The van der Waals surface area contributed by atoms with E-state index in [1.807, 2.05) is 18.2 Å². The fourth-order valence-electron chi connectivity index (χ4n) is 2.68. The molecule has 22 heavy (non-hydrogen) atoms. The summed E-state index contributed by atoms with van der Waals surface area (Å²) in [6.45, 7) is 2.09. The Hall–Kier alpha value is -2.21. The van der Waals surface area contributed by atoms with Crippen LogP contribution in [0.25, 0.3) is 11.1 Å². The van der Waals surface area contributed by atoms with Crippen molar-refractivity contribution in [3.63, 3.8) is 0 Å². The van der Waals surface area contributed by atoms with Crippen LogP contribution < -0.4 is 15.2 Å². The van der Waals surface area contributed by atoms with Crippen molar-refractivity contribution >= 4 is 5.88 Å². The zero-order valence-electron chi connectivity index (χ0n) is 12.9. The lowest BCUT2D eigenvalue weighted by molar-refractivity contribution is 0.111. The molecule has 6 nitrogen and oxygen atoms in total. The van der Waals surface area contributed by atoms with Crippen LogP contribution in [0.4, 0.5) is 5.88 Å². The highest BCUT2D eigenvalue weighted by Gasteiger charge is 2.20. The van der Waals surface area contributed by atoms with Gasteiger partial charge < -0.3 is 24.6 Å². The third-order valence-corrected chi connectivity index (χ3v) is 4.03. The van der Waals surface area contributed by atoms with E-state index in [4.69, 9.17) is 19.7 Å². The summed E-state index contributed by atoms with van der Waals surface area (Å²) >= 11 is 0. The van der Waals surface area contributed by atoms with Gasteiger partial charge in [0.2, 0.25) is 5.88 Å². The molecule has 1 aliphatic heterocycles. The van der Waals surface area contributed by atoms with Crippen molar-refractivity contribution in [1.29, 1.82) is 0 Å². The molecule has 0 radical (unpaired) electrons. The molecule has 2 N–H and O–H groups in total. The standard InChI is InChI=1S/C16H21N3O3/c1-19-7-5-12(6-8-19)21-15-9-11(3-4-14(15)20-2)13-10-18-22-16(13)17/h3-4,9-10,12H,5-8,17H2,1-2H3. The number of nitrogens with zero attached hydrogens (tertiary/aromatic N) is 2. The van der Waals surface area contributed by atoms with Gasteiger partial charge in [-0.2, -0.15) is 0 Å². The van der Waals surface area contributed by atoms with Gasteiger partial charge >= 0.3 is 0 Å². The Morgan fingerprint density at radius 3 is 2.68 bits per heavy atom. The molecule has 1 aliphatic rings. The average Bonchev–Trinajstić information content (AvgIpc) is 2.96. The van der Waals surface area contributed by atoms with E-state index < -0.39 is 0 Å². The number of nitrogen functional groups attached to an aromatic ring is 1. The van der Waals surface area contributed by atoms with Crippen LogP contribution in [0.3, 0.4) is 0 Å². The number of piperidine rings is 1. The van der Waals surface area contributed by atoms with Gasteiger partial charge in [0.05, 0.1) is 18.9 Å². The number of hydrogen-bond donors (Lipinski definition) is 1. The van der Waals surface area contributed by atoms with Crippen molar-refractivity contribution in [2.24, 2.45) is 0 Å². The lowest BCUT2D eigenvalue weighted by atomic mass is 10.1. The molecule has 0 amide bonds. The topological polar surface area (TPSA) is 73.8 Å². The third-order valence-electron chi connectivity index (χ3n) is 4.03. The predicted octanol–water partition coefficient (Wildman–Crippen LogP) is 2.41. The minimum absolute atomic E-state index is 0.208. The monoisotopic (exact) mass is 303 g/mol. The molecule has 6 heteroatoms. The number of hydrogen-bond acceptors (Lipinski definition) is 6. The van der Waals surface area contributed by atoms with Crippen LogP contribution in [0.5, 0.6) is 11.5 Å². The van der Waals surface area contributed by atoms with Gasteiger partial charge in [-0.05, 0) is 37.6 Å². The SMILES string of the molecule is COc1ccc(-c2cnoc2N)cc1OC1CCN(C)CC1. The van der Waals surface area contributed by atoms with E-state index in [2.05, 4.69) is 17.1 Å². The predicted molar refractivity (Wildman–Crippen MR) is 84.1 cm³/mol. The largest absolute Gasteiger partial charge is 0.493 e. The highest BCUT2D eigenvalue weighted by atomic mass is 16.5. The van der Waals surface area contributed by atoms with Crippen molar-refractivity contribution < 1.29 is 14.0 Å². The van der Waals surface area contributed by atoms with Gasteiger partial charge in [0.15, 0.2) is 11.5 Å². The van der Waals surface area contributed by atoms with Crippen LogP contribution in [-0.2, 0) is 0 Å². The minimum Gasteiger partial charge on any atom is -0.493 e. The fraction of sp³-hybridized carbons (Fsp3) is 0.438. The number of aromatic nitrogens is 1. The van der Waals surface area contributed by atoms with Crippen molar-refractivity contribution in [1.82, 2.24) is 10.1 Å². The second-order valence-corrected chi connectivity index (χ2v) is 5.59. The Balaban J connectivity index is 1.84. The number of ether oxygens (including phenoxy) is 2. The molecule has 1 fully saturated rings. The highest BCUT2D eigenvalue weighted by molar-refractivity contribution is 5.74. The highest BCUT2D eigenvalue weighted by Crippen LogP contribution is 2.35. The van der Waals surface area contributed by atoms with E-state index in [1.165, 1.54) is 0 Å². The van der Waals surface area contributed by atoms with Crippen LogP contribution in [0.1, 0.15) is 12.8 Å². The Bertz CT molecular complexity index is 633. The fourth-order valence-corrected chi connectivity index (χ4v) is 2.68. The molecule has 1 saturated heterocycles. The minimum atomic E-state index is 0.208. The number of anilines is 1. The van der Waals surface area contributed by atoms with Crippen molar-refractivity contribution in [3.8, 4) is 22.6 Å². The van der Waals surface area contributed by atoms with E-state index in [9.17, 15) is 0 Å². The lowest BCUT2D eigenvalue weighted by Crippen LogP contribution is -2.35. The maximum atomic E-state index is 6.16. The molecule has 0 aliphatic carbocycles. The molecule has 0 unspecified atom stereocenters. The first-order chi connectivity index (χ1) is 10.7. The molecule has 0 spiro atoms. The molecule has 3 rings (SSSR count). The van der Waals surface area contributed by atoms with Gasteiger partial charge in [-0.15, -0.1) is 0 Å².